The Balaban J connectivity index is 2.72. The molecule has 1 fully saturated rings. The average molecular weight is 230 g/mol. The van der Waals surface area contributed by atoms with Crippen molar-refractivity contribution in [1.29, 1.82) is 0 Å². The van der Waals surface area contributed by atoms with Crippen molar-refractivity contribution in [3.63, 3.8) is 0 Å². The molecule has 4 heteroatoms. The number of ether oxygens (including phenoxy) is 1. The summed E-state index contributed by atoms with van der Waals surface area (Å²) in [5.41, 5.74) is -1.07. The summed E-state index contributed by atoms with van der Waals surface area (Å²) >= 11 is 0. The fourth-order valence-corrected chi connectivity index (χ4v) is 2.26. The van der Waals surface area contributed by atoms with E-state index in [4.69, 9.17) is 4.74 Å². The second kappa shape index (κ2) is 5.15. The molecule has 0 aliphatic heterocycles. The van der Waals surface area contributed by atoms with Crippen LogP contribution in [0.25, 0.3) is 0 Å². The highest BCUT2D eigenvalue weighted by molar-refractivity contribution is 5.78. The summed E-state index contributed by atoms with van der Waals surface area (Å²) in [6.07, 6.45) is 1.92. The minimum atomic E-state index is -1.07. The first-order chi connectivity index (χ1) is 7.41. The van der Waals surface area contributed by atoms with Gasteiger partial charge in [-0.25, -0.2) is 4.79 Å². The molecule has 0 radical (unpaired) electrons. The molecule has 4 atom stereocenters. The van der Waals surface area contributed by atoms with Crippen LogP contribution in [0.5, 0.6) is 0 Å². The molecule has 0 bridgehead atoms. The predicted molar refractivity (Wildman–Crippen MR) is 60.2 cm³/mol. The molecular formula is C12H22O4. The van der Waals surface area contributed by atoms with Crippen LogP contribution in [-0.2, 0) is 9.53 Å². The molecule has 0 aromatic carbocycles. The van der Waals surface area contributed by atoms with E-state index >= 15 is 0 Å². The van der Waals surface area contributed by atoms with Crippen LogP contribution >= 0.6 is 0 Å². The highest BCUT2D eigenvalue weighted by Crippen LogP contribution is 2.40. The van der Waals surface area contributed by atoms with Crippen LogP contribution in [0.15, 0.2) is 0 Å². The molecule has 0 aromatic rings. The summed E-state index contributed by atoms with van der Waals surface area (Å²) in [4.78, 5) is 11.3. The highest BCUT2D eigenvalue weighted by atomic mass is 16.5. The molecule has 0 heterocycles. The lowest BCUT2D eigenvalue weighted by Crippen LogP contribution is -2.44. The maximum atomic E-state index is 11.3. The minimum absolute atomic E-state index is 0.428. The third-order valence-corrected chi connectivity index (χ3v) is 3.63. The van der Waals surface area contributed by atoms with Crippen LogP contribution < -0.4 is 0 Å². The third-order valence-electron chi connectivity index (χ3n) is 3.63. The van der Waals surface area contributed by atoms with Crippen molar-refractivity contribution in [3.8, 4) is 0 Å². The molecule has 2 N–H and O–H groups in total. The molecule has 16 heavy (non-hydrogen) atoms. The van der Waals surface area contributed by atoms with E-state index in [2.05, 4.69) is 6.92 Å². The smallest absolute Gasteiger partial charge is 0.335 e. The Morgan fingerprint density at radius 2 is 2.19 bits per heavy atom. The summed E-state index contributed by atoms with van der Waals surface area (Å²) < 4.78 is 5.60. The fraction of sp³-hybridized carbons (Fsp3) is 0.917. The summed E-state index contributed by atoms with van der Waals surface area (Å²) in [5, 5.41) is 18.7. The number of hydrogen-bond acceptors (Lipinski definition) is 3. The maximum absolute atomic E-state index is 11.3. The first-order valence-electron chi connectivity index (χ1n) is 6.00. The number of hydrogen-bond donors (Lipinski definition) is 2. The minimum Gasteiger partial charge on any atom is -0.479 e. The van der Waals surface area contributed by atoms with E-state index in [0.29, 0.717) is 18.8 Å². The van der Waals surface area contributed by atoms with Crippen molar-refractivity contribution in [3.05, 3.63) is 0 Å². The second-order valence-corrected chi connectivity index (χ2v) is 4.88. The van der Waals surface area contributed by atoms with Gasteiger partial charge in [-0.15, -0.1) is 0 Å². The Morgan fingerprint density at radius 1 is 1.56 bits per heavy atom. The first kappa shape index (κ1) is 13.5. The molecule has 1 aliphatic carbocycles. The van der Waals surface area contributed by atoms with Gasteiger partial charge in [-0.1, -0.05) is 13.3 Å². The van der Waals surface area contributed by atoms with Gasteiger partial charge in [-0.3, -0.25) is 0 Å². The zero-order chi connectivity index (χ0) is 12.3. The van der Waals surface area contributed by atoms with Crippen LogP contribution in [0, 0.1) is 5.92 Å². The Bertz CT molecular complexity index is 251. The van der Waals surface area contributed by atoms with Gasteiger partial charge < -0.3 is 14.9 Å². The Labute approximate surface area is 96.6 Å². The van der Waals surface area contributed by atoms with Gasteiger partial charge in [0.05, 0.1) is 12.2 Å². The van der Waals surface area contributed by atoms with Gasteiger partial charge in [0.2, 0.25) is 0 Å². The molecule has 0 saturated heterocycles. The molecule has 1 saturated carbocycles. The zero-order valence-corrected chi connectivity index (χ0v) is 10.3. The average Bonchev–Trinajstić information content (AvgIpc) is 2.62. The second-order valence-electron chi connectivity index (χ2n) is 4.88. The number of aliphatic carboxylic acids is 1. The van der Waals surface area contributed by atoms with Crippen molar-refractivity contribution < 1.29 is 19.7 Å². The van der Waals surface area contributed by atoms with Gasteiger partial charge in [0.1, 0.15) is 0 Å². The Morgan fingerprint density at radius 3 is 2.56 bits per heavy atom. The van der Waals surface area contributed by atoms with Gasteiger partial charge in [-0.2, -0.15) is 0 Å². The molecule has 0 aromatic heterocycles. The van der Waals surface area contributed by atoms with Crippen molar-refractivity contribution >= 4 is 5.97 Å². The van der Waals surface area contributed by atoms with Crippen molar-refractivity contribution in [2.24, 2.45) is 5.92 Å². The van der Waals surface area contributed by atoms with E-state index in [1.807, 2.05) is 0 Å². The van der Waals surface area contributed by atoms with E-state index in [1.165, 1.54) is 0 Å². The SMILES string of the molecule is CCC1CCC(OC(C)C(C)O)(C(=O)O)C1. The lowest BCUT2D eigenvalue weighted by Gasteiger charge is -2.30. The van der Waals surface area contributed by atoms with Crippen LogP contribution in [0.1, 0.15) is 46.5 Å². The molecule has 1 aliphatic rings. The fourth-order valence-electron chi connectivity index (χ4n) is 2.26. The van der Waals surface area contributed by atoms with Gasteiger partial charge in [-0.05, 0) is 39.0 Å². The summed E-state index contributed by atoms with van der Waals surface area (Å²) in [6, 6.07) is 0. The summed E-state index contributed by atoms with van der Waals surface area (Å²) in [6.45, 7) is 5.40. The summed E-state index contributed by atoms with van der Waals surface area (Å²) in [5.74, 6) is -0.465. The van der Waals surface area contributed by atoms with Crippen LogP contribution in [0.2, 0.25) is 0 Å². The van der Waals surface area contributed by atoms with E-state index in [9.17, 15) is 15.0 Å². The topological polar surface area (TPSA) is 66.8 Å². The van der Waals surface area contributed by atoms with Crippen LogP contribution in [0.4, 0.5) is 0 Å². The van der Waals surface area contributed by atoms with E-state index in [-0.39, 0.29) is 0 Å². The van der Waals surface area contributed by atoms with Crippen molar-refractivity contribution in [2.45, 2.75) is 64.3 Å². The van der Waals surface area contributed by atoms with Crippen molar-refractivity contribution in [1.82, 2.24) is 0 Å². The Kier molecular flexibility index (Phi) is 4.33. The molecule has 4 nitrogen and oxygen atoms in total. The first-order valence-corrected chi connectivity index (χ1v) is 6.00. The normalized spacial score (nSPS) is 33.6. The van der Waals surface area contributed by atoms with E-state index in [1.54, 1.807) is 13.8 Å². The van der Waals surface area contributed by atoms with Gasteiger partial charge in [0, 0.05) is 0 Å². The summed E-state index contributed by atoms with van der Waals surface area (Å²) in [7, 11) is 0. The third kappa shape index (κ3) is 2.74. The quantitative estimate of drug-likeness (QED) is 0.756. The van der Waals surface area contributed by atoms with E-state index < -0.39 is 23.8 Å². The van der Waals surface area contributed by atoms with Crippen molar-refractivity contribution in [2.75, 3.05) is 0 Å². The lowest BCUT2D eigenvalue weighted by molar-refractivity contribution is -0.179. The monoisotopic (exact) mass is 230 g/mol. The maximum Gasteiger partial charge on any atom is 0.335 e. The number of rotatable bonds is 5. The number of carboxylic acids is 1. The largest absolute Gasteiger partial charge is 0.479 e. The van der Waals surface area contributed by atoms with Gasteiger partial charge in [0.25, 0.3) is 0 Å². The van der Waals surface area contributed by atoms with Crippen LogP contribution in [-0.4, -0.2) is 34.0 Å². The number of aliphatic hydroxyl groups excluding tert-OH is 1. The van der Waals surface area contributed by atoms with E-state index in [0.717, 1.165) is 12.8 Å². The van der Waals surface area contributed by atoms with Crippen LogP contribution in [0.3, 0.4) is 0 Å². The molecule has 0 spiro atoms. The molecular weight excluding hydrogens is 208 g/mol. The highest BCUT2D eigenvalue weighted by Gasteiger charge is 2.47. The number of aliphatic hydroxyl groups is 1. The number of carbonyl (C=O) groups is 1. The zero-order valence-electron chi connectivity index (χ0n) is 10.3. The molecule has 94 valence electrons. The predicted octanol–water partition coefficient (Wildman–Crippen LogP) is 1.81. The molecule has 4 unspecified atom stereocenters. The Hall–Kier alpha value is -0.610. The van der Waals surface area contributed by atoms with Gasteiger partial charge in [0.15, 0.2) is 5.60 Å². The molecule has 1 rings (SSSR count). The van der Waals surface area contributed by atoms with Gasteiger partial charge >= 0.3 is 5.97 Å². The number of carboxylic acid groups (broad SMARTS) is 1. The lowest BCUT2D eigenvalue weighted by atomic mass is 9.98. The molecule has 0 amide bonds. The standard InChI is InChI=1S/C12H22O4/c1-4-10-5-6-12(7-10,11(14)15)16-9(3)8(2)13/h8-10,13H,4-7H2,1-3H3,(H,14,15).